The van der Waals surface area contributed by atoms with Gasteiger partial charge in [-0.2, -0.15) is 13.2 Å². The van der Waals surface area contributed by atoms with Gasteiger partial charge in [0.2, 0.25) is 0 Å². The van der Waals surface area contributed by atoms with Crippen molar-refractivity contribution in [1.82, 2.24) is 0 Å². The predicted molar refractivity (Wildman–Crippen MR) is 66.6 cm³/mol. The minimum atomic E-state index is -4.36. The van der Waals surface area contributed by atoms with E-state index in [2.05, 4.69) is 0 Å². The first-order chi connectivity index (χ1) is 8.38. The van der Waals surface area contributed by atoms with Crippen LogP contribution >= 0.6 is 11.6 Å². The molecule has 0 bridgehead atoms. The smallest absolute Gasteiger partial charge is 0.166 e. The molecule has 0 aromatic heterocycles. The van der Waals surface area contributed by atoms with E-state index in [9.17, 15) is 13.2 Å². The fourth-order valence-corrected chi connectivity index (χ4v) is 1.96. The lowest BCUT2D eigenvalue weighted by Crippen LogP contribution is -2.04. The number of hydrogen-bond acceptors (Lipinski definition) is 0. The van der Waals surface area contributed by atoms with E-state index in [1.165, 1.54) is 6.07 Å². The van der Waals surface area contributed by atoms with Crippen molar-refractivity contribution in [2.24, 2.45) is 0 Å². The van der Waals surface area contributed by atoms with Gasteiger partial charge in [-0.3, -0.25) is 0 Å². The van der Waals surface area contributed by atoms with Gasteiger partial charge in [-0.1, -0.05) is 41.4 Å². The molecular weight excluding hydrogens is 261 g/mol. The molecular formula is C14H10ClF3. The van der Waals surface area contributed by atoms with Crippen molar-refractivity contribution in [3.8, 4) is 11.1 Å². The van der Waals surface area contributed by atoms with Crippen molar-refractivity contribution in [2.45, 2.75) is 13.1 Å². The van der Waals surface area contributed by atoms with Crippen molar-refractivity contribution in [2.75, 3.05) is 0 Å². The second-order valence-electron chi connectivity index (χ2n) is 4.06. The molecule has 0 atom stereocenters. The first kappa shape index (κ1) is 13.0. The van der Waals surface area contributed by atoms with Crippen molar-refractivity contribution in [3.63, 3.8) is 0 Å². The second kappa shape index (κ2) is 4.65. The van der Waals surface area contributed by atoms with Crippen LogP contribution in [0.3, 0.4) is 0 Å². The Morgan fingerprint density at radius 3 is 2.33 bits per heavy atom. The molecule has 0 aliphatic rings. The second-order valence-corrected chi connectivity index (χ2v) is 4.47. The Kier molecular flexibility index (Phi) is 3.35. The molecule has 94 valence electrons. The van der Waals surface area contributed by atoms with Gasteiger partial charge >= 0.3 is 6.18 Å². The molecule has 2 aromatic rings. The van der Waals surface area contributed by atoms with E-state index in [-0.39, 0.29) is 0 Å². The summed E-state index contributed by atoms with van der Waals surface area (Å²) >= 11 is 5.97. The summed E-state index contributed by atoms with van der Waals surface area (Å²) in [5, 5.41) is 0.314. The highest BCUT2D eigenvalue weighted by molar-refractivity contribution is 6.33. The number of halogens is 4. The number of rotatable bonds is 1. The van der Waals surface area contributed by atoms with Crippen LogP contribution in [0, 0.1) is 6.92 Å². The van der Waals surface area contributed by atoms with Gasteiger partial charge in [-0.25, -0.2) is 0 Å². The summed E-state index contributed by atoms with van der Waals surface area (Å²) in [6.07, 6.45) is -4.36. The van der Waals surface area contributed by atoms with Crippen molar-refractivity contribution in [3.05, 3.63) is 58.6 Å². The van der Waals surface area contributed by atoms with Crippen LogP contribution < -0.4 is 0 Å². The largest absolute Gasteiger partial charge is 0.416 e. The van der Waals surface area contributed by atoms with E-state index in [1.807, 2.05) is 13.0 Å². The SMILES string of the molecule is Cc1cccc(-c2cc(C(F)(F)F)ccc2Cl)c1. The van der Waals surface area contributed by atoms with Gasteiger partial charge in [0.05, 0.1) is 5.56 Å². The molecule has 0 spiro atoms. The summed E-state index contributed by atoms with van der Waals surface area (Å²) in [6, 6.07) is 10.6. The fourth-order valence-electron chi connectivity index (χ4n) is 1.74. The molecule has 0 nitrogen and oxygen atoms in total. The highest BCUT2D eigenvalue weighted by atomic mass is 35.5. The molecule has 0 N–H and O–H groups in total. The van der Waals surface area contributed by atoms with Crippen LogP contribution in [0.5, 0.6) is 0 Å². The van der Waals surface area contributed by atoms with Crippen LogP contribution in [-0.4, -0.2) is 0 Å². The quantitative estimate of drug-likeness (QED) is 0.657. The Balaban J connectivity index is 2.57. The number of hydrogen-bond donors (Lipinski definition) is 0. The molecule has 0 unspecified atom stereocenters. The summed E-state index contributed by atoms with van der Waals surface area (Å²) in [4.78, 5) is 0. The molecule has 0 saturated carbocycles. The van der Waals surface area contributed by atoms with Gasteiger partial charge in [0.1, 0.15) is 0 Å². The molecule has 0 aliphatic heterocycles. The van der Waals surface area contributed by atoms with Crippen LogP contribution in [0.2, 0.25) is 5.02 Å². The minimum Gasteiger partial charge on any atom is -0.166 e. The van der Waals surface area contributed by atoms with E-state index < -0.39 is 11.7 Å². The standard InChI is InChI=1S/C14H10ClF3/c1-9-3-2-4-10(7-9)12-8-11(14(16,17)18)5-6-13(12)15/h2-8H,1H3. The van der Waals surface area contributed by atoms with E-state index in [1.54, 1.807) is 18.2 Å². The summed E-state index contributed by atoms with van der Waals surface area (Å²) < 4.78 is 38.0. The maximum Gasteiger partial charge on any atom is 0.416 e. The van der Waals surface area contributed by atoms with Crippen molar-refractivity contribution >= 4 is 11.6 Å². The van der Waals surface area contributed by atoms with E-state index >= 15 is 0 Å². The van der Waals surface area contributed by atoms with Crippen molar-refractivity contribution < 1.29 is 13.2 Å². The Morgan fingerprint density at radius 1 is 1.00 bits per heavy atom. The first-order valence-corrected chi connectivity index (χ1v) is 5.69. The third-order valence-electron chi connectivity index (χ3n) is 2.62. The van der Waals surface area contributed by atoms with E-state index in [0.29, 0.717) is 16.1 Å². The third kappa shape index (κ3) is 2.67. The zero-order chi connectivity index (χ0) is 13.3. The molecule has 2 aromatic carbocycles. The topological polar surface area (TPSA) is 0 Å². The summed E-state index contributed by atoms with van der Waals surface area (Å²) in [6.45, 7) is 1.88. The maximum atomic E-state index is 12.7. The van der Waals surface area contributed by atoms with Gasteiger partial charge in [0.25, 0.3) is 0 Å². The highest BCUT2D eigenvalue weighted by Crippen LogP contribution is 2.35. The molecule has 0 aliphatic carbocycles. The van der Waals surface area contributed by atoms with Gasteiger partial charge in [0.15, 0.2) is 0 Å². The summed E-state index contributed by atoms with van der Waals surface area (Å²) in [5.41, 5.74) is 1.37. The maximum absolute atomic E-state index is 12.7. The van der Waals surface area contributed by atoms with Gasteiger partial charge in [-0.15, -0.1) is 0 Å². The Bertz CT molecular complexity index is 573. The van der Waals surface area contributed by atoms with Crippen LogP contribution in [0.1, 0.15) is 11.1 Å². The predicted octanol–water partition coefficient (Wildman–Crippen LogP) is 5.33. The highest BCUT2D eigenvalue weighted by Gasteiger charge is 2.31. The lowest BCUT2D eigenvalue weighted by molar-refractivity contribution is -0.137. The average Bonchev–Trinajstić information content (AvgIpc) is 2.28. The zero-order valence-corrected chi connectivity index (χ0v) is 10.3. The minimum absolute atomic E-state index is 0.314. The number of benzene rings is 2. The Hall–Kier alpha value is -1.48. The average molecular weight is 271 g/mol. The van der Waals surface area contributed by atoms with Gasteiger partial charge < -0.3 is 0 Å². The van der Waals surface area contributed by atoms with Crippen LogP contribution in [0.15, 0.2) is 42.5 Å². The summed E-state index contributed by atoms with van der Waals surface area (Å²) in [7, 11) is 0. The normalized spacial score (nSPS) is 11.6. The lowest BCUT2D eigenvalue weighted by Gasteiger charge is -2.11. The Morgan fingerprint density at radius 2 is 1.72 bits per heavy atom. The van der Waals surface area contributed by atoms with Crippen LogP contribution in [0.25, 0.3) is 11.1 Å². The Labute approximate surface area is 108 Å². The van der Waals surface area contributed by atoms with Gasteiger partial charge in [0, 0.05) is 10.6 Å². The number of alkyl halides is 3. The molecule has 0 radical (unpaired) electrons. The zero-order valence-electron chi connectivity index (χ0n) is 9.55. The monoisotopic (exact) mass is 270 g/mol. The van der Waals surface area contributed by atoms with E-state index in [4.69, 9.17) is 11.6 Å². The molecule has 0 saturated heterocycles. The molecule has 2 rings (SSSR count). The molecule has 18 heavy (non-hydrogen) atoms. The first-order valence-electron chi connectivity index (χ1n) is 5.32. The lowest BCUT2D eigenvalue weighted by atomic mass is 10.0. The molecule has 0 heterocycles. The number of aryl methyl sites for hydroxylation is 1. The summed E-state index contributed by atoms with van der Waals surface area (Å²) in [5.74, 6) is 0. The van der Waals surface area contributed by atoms with E-state index in [0.717, 1.165) is 17.7 Å². The molecule has 4 heteroatoms. The van der Waals surface area contributed by atoms with Gasteiger partial charge in [-0.05, 0) is 30.7 Å². The molecule has 0 amide bonds. The van der Waals surface area contributed by atoms with Crippen LogP contribution in [0.4, 0.5) is 13.2 Å². The molecule has 0 fully saturated rings. The van der Waals surface area contributed by atoms with Crippen molar-refractivity contribution in [1.29, 1.82) is 0 Å². The third-order valence-corrected chi connectivity index (χ3v) is 2.95. The fraction of sp³-hybridized carbons (Fsp3) is 0.143. The van der Waals surface area contributed by atoms with Crippen LogP contribution in [-0.2, 0) is 6.18 Å².